The molecule has 2 heterocycles. The Morgan fingerprint density at radius 3 is 2.42 bits per heavy atom. The third-order valence-corrected chi connectivity index (χ3v) is 5.58. The Kier molecular flexibility index (Phi) is 6.76. The molecule has 170 valence electrons. The summed E-state index contributed by atoms with van der Waals surface area (Å²) in [5.74, 6) is -2.99. The molecular formula is C20H26N2O9. The number of aliphatic hydroxyl groups excluding tert-OH is 4. The average molecular weight is 438 g/mol. The van der Waals surface area contributed by atoms with Gasteiger partial charge in [0.1, 0.15) is 30.6 Å². The van der Waals surface area contributed by atoms with Crippen LogP contribution in [-0.2, 0) is 24.8 Å². The zero-order chi connectivity index (χ0) is 22.9. The van der Waals surface area contributed by atoms with Crippen molar-refractivity contribution in [2.24, 2.45) is 0 Å². The minimum atomic E-state index is -2.39. The molecule has 2 unspecified atom stereocenters. The third-order valence-electron chi connectivity index (χ3n) is 5.58. The van der Waals surface area contributed by atoms with Crippen molar-refractivity contribution in [3.8, 4) is 0 Å². The zero-order valence-corrected chi connectivity index (χ0v) is 16.9. The maximum Gasteiger partial charge on any atom is 0.337 e. The van der Waals surface area contributed by atoms with Gasteiger partial charge in [0, 0.05) is 11.3 Å². The molecule has 0 amide bonds. The second kappa shape index (κ2) is 9.01. The van der Waals surface area contributed by atoms with Crippen LogP contribution < -0.4 is 10.6 Å². The molecule has 0 bridgehead atoms. The fourth-order valence-corrected chi connectivity index (χ4v) is 3.86. The maximum atomic E-state index is 12.3. The fourth-order valence-electron chi connectivity index (χ4n) is 3.86. The number of hydrogen-bond acceptors (Lipinski definition) is 11. The number of aliphatic hydroxyl groups is 5. The molecule has 11 nitrogen and oxygen atoms in total. The van der Waals surface area contributed by atoms with Gasteiger partial charge >= 0.3 is 5.97 Å². The standard InChI is InChI=1S/C20H26N2O9/c1-9-14(19(28)30-2)15(22-13(8-24)21-9)10-3-5-11(6-4-10)20(29)18(27)17(26)16(25)12(7-23)31-20/h3-6,8,12-13,15-18,21-23,25-27,29H,7H2,1-2H3/t12-,13?,15?,16-,17-,18-,20-/m1/s1. The van der Waals surface area contributed by atoms with Gasteiger partial charge < -0.3 is 40.3 Å². The van der Waals surface area contributed by atoms with E-state index in [1.54, 1.807) is 6.92 Å². The average Bonchev–Trinajstić information content (AvgIpc) is 2.79. The van der Waals surface area contributed by atoms with Gasteiger partial charge in [-0.2, -0.15) is 0 Å². The van der Waals surface area contributed by atoms with Crippen molar-refractivity contribution in [3.05, 3.63) is 46.7 Å². The number of hydrogen-bond donors (Lipinski definition) is 7. The third kappa shape index (κ3) is 4.08. The first kappa shape index (κ1) is 23.3. The fraction of sp³-hybridized carbons (Fsp3) is 0.500. The summed E-state index contributed by atoms with van der Waals surface area (Å²) < 4.78 is 10.2. The van der Waals surface area contributed by atoms with E-state index < -0.39 is 55.0 Å². The molecule has 2 aliphatic heterocycles. The molecule has 0 aliphatic carbocycles. The summed E-state index contributed by atoms with van der Waals surface area (Å²) in [6.07, 6.45) is -6.65. The number of aldehydes is 1. The predicted octanol–water partition coefficient (Wildman–Crippen LogP) is -2.49. The Bertz CT molecular complexity index is 857. The molecule has 0 radical (unpaired) electrons. The topological polar surface area (TPSA) is 178 Å². The first-order chi connectivity index (χ1) is 14.7. The molecule has 1 aromatic rings. The van der Waals surface area contributed by atoms with E-state index in [2.05, 4.69) is 10.6 Å². The molecule has 2 aliphatic rings. The molecule has 7 atom stereocenters. The minimum Gasteiger partial charge on any atom is -0.466 e. The van der Waals surface area contributed by atoms with Crippen LogP contribution in [0.5, 0.6) is 0 Å². The van der Waals surface area contributed by atoms with Gasteiger partial charge in [0.25, 0.3) is 0 Å². The normalized spacial score (nSPS) is 36.0. The van der Waals surface area contributed by atoms with Crippen LogP contribution in [0.3, 0.4) is 0 Å². The molecular weight excluding hydrogens is 412 g/mol. The van der Waals surface area contributed by atoms with Gasteiger partial charge in [-0.25, -0.2) is 4.79 Å². The first-order valence-corrected chi connectivity index (χ1v) is 9.60. The zero-order valence-electron chi connectivity index (χ0n) is 16.9. The summed E-state index contributed by atoms with van der Waals surface area (Å²) in [6, 6.07) is 5.18. The molecule has 1 saturated heterocycles. The number of carbonyl (C=O) groups is 2. The Morgan fingerprint density at radius 1 is 1.23 bits per heavy atom. The molecule has 0 aromatic heterocycles. The van der Waals surface area contributed by atoms with E-state index in [1.165, 1.54) is 31.4 Å². The summed E-state index contributed by atoms with van der Waals surface area (Å²) >= 11 is 0. The number of carbonyl (C=O) groups excluding carboxylic acids is 2. The summed E-state index contributed by atoms with van der Waals surface area (Å²) in [5.41, 5.74) is 1.32. The van der Waals surface area contributed by atoms with Gasteiger partial charge in [0.05, 0.1) is 25.3 Å². The van der Waals surface area contributed by atoms with Crippen LogP contribution in [0.2, 0.25) is 0 Å². The summed E-state index contributed by atoms with van der Waals surface area (Å²) in [4.78, 5) is 23.6. The van der Waals surface area contributed by atoms with E-state index in [1.807, 2.05) is 0 Å². The first-order valence-electron chi connectivity index (χ1n) is 9.60. The van der Waals surface area contributed by atoms with Crippen molar-refractivity contribution in [1.82, 2.24) is 10.6 Å². The van der Waals surface area contributed by atoms with E-state index in [-0.39, 0.29) is 11.1 Å². The number of allylic oxidation sites excluding steroid dienone is 1. The van der Waals surface area contributed by atoms with Gasteiger partial charge in [-0.1, -0.05) is 24.3 Å². The monoisotopic (exact) mass is 438 g/mol. The number of nitrogens with one attached hydrogen (secondary N) is 2. The molecule has 1 fully saturated rings. The number of ether oxygens (including phenoxy) is 2. The predicted molar refractivity (Wildman–Crippen MR) is 104 cm³/mol. The molecule has 0 spiro atoms. The molecule has 0 saturated carbocycles. The van der Waals surface area contributed by atoms with E-state index in [4.69, 9.17) is 9.47 Å². The van der Waals surface area contributed by atoms with Crippen LogP contribution in [0.1, 0.15) is 24.1 Å². The van der Waals surface area contributed by atoms with Crippen LogP contribution in [-0.4, -0.2) is 82.1 Å². The minimum absolute atomic E-state index is 0.0503. The lowest BCUT2D eigenvalue weighted by atomic mass is 9.87. The SMILES string of the molecule is COC(=O)C1=C(C)NC(C=O)NC1c1ccc([C@@]2(O)O[C@H](CO)[C@@H](O)[C@@H](O)[C@H]2O)cc1. The summed E-state index contributed by atoms with van der Waals surface area (Å²) in [7, 11) is 1.24. The van der Waals surface area contributed by atoms with Crippen LogP contribution >= 0.6 is 0 Å². The van der Waals surface area contributed by atoms with Gasteiger partial charge in [0.2, 0.25) is 5.79 Å². The Morgan fingerprint density at radius 2 is 1.87 bits per heavy atom. The Hall–Kier alpha value is -2.38. The highest BCUT2D eigenvalue weighted by atomic mass is 16.7. The smallest absolute Gasteiger partial charge is 0.337 e. The highest BCUT2D eigenvalue weighted by Gasteiger charge is 2.53. The second-order valence-electron chi connectivity index (χ2n) is 7.47. The molecule has 7 N–H and O–H groups in total. The Labute approximate surface area is 177 Å². The van der Waals surface area contributed by atoms with Gasteiger partial charge in [-0.05, 0) is 12.5 Å². The van der Waals surface area contributed by atoms with E-state index in [9.17, 15) is 35.1 Å². The van der Waals surface area contributed by atoms with Crippen molar-refractivity contribution in [2.45, 2.75) is 49.3 Å². The lowest BCUT2D eigenvalue weighted by molar-refractivity contribution is -0.357. The van der Waals surface area contributed by atoms with Crippen molar-refractivity contribution >= 4 is 12.3 Å². The van der Waals surface area contributed by atoms with Crippen molar-refractivity contribution < 1.29 is 44.6 Å². The molecule has 11 heteroatoms. The molecule has 1 aromatic carbocycles. The largest absolute Gasteiger partial charge is 0.466 e. The molecule has 3 rings (SSSR count). The number of rotatable bonds is 5. The van der Waals surface area contributed by atoms with E-state index in [0.717, 1.165) is 0 Å². The van der Waals surface area contributed by atoms with Crippen molar-refractivity contribution in [2.75, 3.05) is 13.7 Å². The second-order valence-corrected chi connectivity index (χ2v) is 7.47. The summed E-state index contributed by atoms with van der Waals surface area (Å²) in [6.45, 7) is 0.950. The van der Waals surface area contributed by atoms with Crippen molar-refractivity contribution in [1.29, 1.82) is 0 Å². The number of esters is 1. The maximum absolute atomic E-state index is 12.3. The quantitative estimate of drug-likeness (QED) is 0.191. The van der Waals surface area contributed by atoms with Crippen LogP contribution in [0, 0.1) is 0 Å². The highest BCUT2D eigenvalue weighted by molar-refractivity contribution is 5.91. The lowest BCUT2D eigenvalue weighted by Gasteiger charge is -2.45. The van der Waals surface area contributed by atoms with Crippen molar-refractivity contribution in [3.63, 3.8) is 0 Å². The number of methoxy groups -OCH3 is 1. The molecule has 31 heavy (non-hydrogen) atoms. The van der Waals surface area contributed by atoms with Gasteiger partial charge in [-0.15, -0.1) is 0 Å². The van der Waals surface area contributed by atoms with Crippen LogP contribution in [0.25, 0.3) is 0 Å². The highest BCUT2D eigenvalue weighted by Crippen LogP contribution is 2.37. The summed E-state index contributed by atoms with van der Waals surface area (Å²) in [5, 5.41) is 56.3. The Balaban J connectivity index is 1.95. The van der Waals surface area contributed by atoms with Crippen LogP contribution in [0.15, 0.2) is 35.5 Å². The van der Waals surface area contributed by atoms with Gasteiger partial charge in [-0.3, -0.25) is 10.1 Å². The van der Waals surface area contributed by atoms with E-state index in [0.29, 0.717) is 17.5 Å². The van der Waals surface area contributed by atoms with Gasteiger partial charge in [0.15, 0.2) is 6.29 Å². The van der Waals surface area contributed by atoms with E-state index >= 15 is 0 Å². The van der Waals surface area contributed by atoms with Crippen LogP contribution in [0.4, 0.5) is 0 Å². The lowest BCUT2D eigenvalue weighted by Crippen LogP contribution is -2.63. The number of benzene rings is 1.